The molecule has 1 aromatic carbocycles. The second kappa shape index (κ2) is 6.32. The number of esters is 1. The number of ether oxygens (including phenoxy) is 1. The summed E-state index contributed by atoms with van der Waals surface area (Å²) < 4.78 is 5.57. The third kappa shape index (κ3) is 3.22. The van der Waals surface area contributed by atoms with Crippen LogP contribution in [0.25, 0.3) is 5.57 Å². The van der Waals surface area contributed by atoms with Crippen molar-refractivity contribution in [3.63, 3.8) is 0 Å². The maximum absolute atomic E-state index is 12.8. The molecule has 25 heavy (non-hydrogen) atoms. The molecule has 1 aliphatic heterocycles. The molecule has 0 aromatic heterocycles. The predicted octanol–water partition coefficient (Wildman–Crippen LogP) is 4.14. The molecule has 0 spiro atoms. The van der Waals surface area contributed by atoms with Crippen molar-refractivity contribution < 1.29 is 14.3 Å². The summed E-state index contributed by atoms with van der Waals surface area (Å²) in [5.74, 6) is 0.585. The van der Waals surface area contributed by atoms with Crippen LogP contribution < -0.4 is 5.32 Å². The standard InChI is InChI=1S/C21H27NO3/c1-6-9-21(5)19(25-14(4)23)18(20(24)22-21)17-12(2)10-16(11-13(17)3)15-7-8-15/h10-11,15H,6-9H2,1-5H3,(H,22,24). The topological polar surface area (TPSA) is 55.4 Å². The number of hydrogen-bond acceptors (Lipinski definition) is 3. The average Bonchev–Trinajstić information content (AvgIpc) is 3.30. The van der Waals surface area contributed by atoms with Crippen molar-refractivity contribution in [1.29, 1.82) is 0 Å². The van der Waals surface area contributed by atoms with Gasteiger partial charge in [-0.2, -0.15) is 0 Å². The molecule has 1 amide bonds. The molecule has 0 bridgehead atoms. The summed E-state index contributed by atoms with van der Waals surface area (Å²) in [5, 5.41) is 3.05. The molecule has 1 heterocycles. The molecule has 134 valence electrons. The van der Waals surface area contributed by atoms with Gasteiger partial charge < -0.3 is 10.1 Å². The molecule has 2 aliphatic rings. The maximum Gasteiger partial charge on any atom is 0.307 e. The molecule has 1 fully saturated rings. The fourth-order valence-electron chi connectivity index (χ4n) is 4.00. The van der Waals surface area contributed by atoms with E-state index in [0.29, 0.717) is 17.3 Å². The lowest BCUT2D eigenvalue weighted by molar-refractivity contribution is -0.138. The van der Waals surface area contributed by atoms with E-state index in [0.717, 1.165) is 29.5 Å². The number of aryl methyl sites for hydroxylation is 2. The number of hydrogen-bond donors (Lipinski definition) is 1. The van der Waals surface area contributed by atoms with Gasteiger partial charge in [-0.1, -0.05) is 25.5 Å². The van der Waals surface area contributed by atoms with Crippen molar-refractivity contribution in [3.8, 4) is 0 Å². The summed E-state index contributed by atoms with van der Waals surface area (Å²) in [5.41, 5.74) is 4.26. The quantitative estimate of drug-likeness (QED) is 0.819. The highest BCUT2D eigenvalue weighted by Crippen LogP contribution is 2.44. The van der Waals surface area contributed by atoms with Crippen molar-refractivity contribution in [2.45, 2.75) is 71.8 Å². The highest BCUT2D eigenvalue weighted by atomic mass is 16.5. The Morgan fingerprint density at radius 3 is 2.36 bits per heavy atom. The van der Waals surface area contributed by atoms with Crippen LogP contribution >= 0.6 is 0 Å². The molecule has 1 atom stereocenters. The van der Waals surface area contributed by atoms with Crippen LogP contribution in [0.4, 0.5) is 0 Å². The van der Waals surface area contributed by atoms with Gasteiger partial charge in [0.1, 0.15) is 5.76 Å². The summed E-state index contributed by atoms with van der Waals surface area (Å²) in [6.07, 6.45) is 4.10. The Labute approximate surface area is 149 Å². The molecular weight excluding hydrogens is 314 g/mol. The van der Waals surface area contributed by atoms with Crippen molar-refractivity contribution in [1.82, 2.24) is 5.32 Å². The lowest BCUT2D eigenvalue weighted by Crippen LogP contribution is -2.42. The molecule has 1 aromatic rings. The number of amides is 1. The summed E-state index contributed by atoms with van der Waals surface area (Å²) in [7, 11) is 0. The van der Waals surface area contributed by atoms with Gasteiger partial charge in [-0.3, -0.25) is 9.59 Å². The summed E-state index contributed by atoms with van der Waals surface area (Å²) in [6, 6.07) is 4.36. The fourth-order valence-corrected chi connectivity index (χ4v) is 4.00. The molecule has 3 rings (SSSR count). The molecular formula is C21H27NO3. The van der Waals surface area contributed by atoms with E-state index in [9.17, 15) is 9.59 Å². The number of benzene rings is 1. The zero-order chi connectivity index (χ0) is 18.4. The van der Waals surface area contributed by atoms with E-state index in [1.807, 2.05) is 20.8 Å². The number of nitrogens with one attached hydrogen (secondary N) is 1. The van der Waals surface area contributed by atoms with E-state index in [1.54, 1.807) is 0 Å². The third-order valence-corrected chi connectivity index (χ3v) is 5.19. The SMILES string of the molecule is CCCC1(C)NC(=O)C(c2c(C)cc(C3CC3)cc2C)=C1OC(C)=O. The van der Waals surface area contributed by atoms with E-state index < -0.39 is 11.5 Å². The Morgan fingerprint density at radius 1 is 1.28 bits per heavy atom. The number of carbonyl (C=O) groups excluding carboxylic acids is 2. The van der Waals surface area contributed by atoms with Gasteiger partial charge in [0.15, 0.2) is 0 Å². The van der Waals surface area contributed by atoms with Crippen LogP contribution in [-0.2, 0) is 14.3 Å². The Morgan fingerprint density at radius 2 is 1.88 bits per heavy atom. The van der Waals surface area contributed by atoms with Gasteiger partial charge >= 0.3 is 5.97 Å². The predicted molar refractivity (Wildman–Crippen MR) is 98.0 cm³/mol. The summed E-state index contributed by atoms with van der Waals surface area (Å²) in [6.45, 7) is 9.45. The smallest absolute Gasteiger partial charge is 0.307 e. The second-order valence-corrected chi connectivity index (χ2v) is 7.64. The molecule has 1 unspecified atom stereocenters. The van der Waals surface area contributed by atoms with Crippen LogP contribution in [0.15, 0.2) is 17.9 Å². The Balaban J connectivity index is 2.17. The fraction of sp³-hybridized carbons (Fsp3) is 0.524. The normalized spacial score (nSPS) is 23.0. The van der Waals surface area contributed by atoms with Gasteiger partial charge in [0.05, 0.1) is 11.1 Å². The van der Waals surface area contributed by atoms with Crippen molar-refractivity contribution in [3.05, 3.63) is 40.1 Å². The lowest BCUT2D eigenvalue weighted by Gasteiger charge is -2.26. The maximum atomic E-state index is 12.8. The Hall–Kier alpha value is -2.10. The Bertz CT molecular complexity index is 750. The van der Waals surface area contributed by atoms with E-state index in [1.165, 1.54) is 25.3 Å². The minimum absolute atomic E-state index is 0.155. The van der Waals surface area contributed by atoms with Gasteiger partial charge in [0, 0.05) is 6.92 Å². The molecule has 0 saturated heterocycles. The number of rotatable bonds is 5. The van der Waals surface area contributed by atoms with Gasteiger partial charge in [-0.05, 0) is 68.2 Å². The first-order valence-electron chi connectivity index (χ1n) is 9.14. The van der Waals surface area contributed by atoms with Crippen LogP contribution in [0, 0.1) is 13.8 Å². The molecule has 1 saturated carbocycles. The number of carbonyl (C=O) groups is 2. The summed E-state index contributed by atoms with van der Waals surface area (Å²) in [4.78, 5) is 24.5. The van der Waals surface area contributed by atoms with Crippen LogP contribution in [0.5, 0.6) is 0 Å². The van der Waals surface area contributed by atoms with Crippen LogP contribution in [0.3, 0.4) is 0 Å². The highest BCUT2D eigenvalue weighted by molar-refractivity contribution is 6.24. The third-order valence-electron chi connectivity index (χ3n) is 5.19. The van der Waals surface area contributed by atoms with Crippen molar-refractivity contribution >= 4 is 17.4 Å². The molecule has 0 radical (unpaired) electrons. The van der Waals surface area contributed by atoms with Gasteiger partial charge in [0.25, 0.3) is 5.91 Å². The van der Waals surface area contributed by atoms with E-state index >= 15 is 0 Å². The lowest BCUT2D eigenvalue weighted by atomic mass is 9.88. The zero-order valence-electron chi connectivity index (χ0n) is 15.8. The minimum atomic E-state index is -0.638. The first kappa shape index (κ1) is 17.7. The second-order valence-electron chi connectivity index (χ2n) is 7.64. The average molecular weight is 341 g/mol. The molecule has 4 heteroatoms. The van der Waals surface area contributed by atoms with E-state index in [4.69, 9.17) is 4.74 Å². The zero-order valence-corrected chi connectivity index (χ0v) is 15.8. The molecule has 4 nitrogen and oxygen atoms in total. The van der Waals surface area contributed by atoms with Gasteiger partial charge in [-0.25, -0.2) is 0 Å². The summed E-state index contributed by atoms with van der Waals surface area (Å²) >= 11 is 0. The van der Waals surface area contributed by atoms with Crippen molar-refractivity contribution in [2.75, 3.05) is 0 Å². The molecule has 1 N–H and O–H groups in total. The Kier molecular flexibility index (Phi) is 4.48. The van der Waals surface area contributed by atoms with Gasteiger partial charge in [-0.15, -0.1) is 0 Å². The highest BCUT2D eigenvalue weighted by Gasteiger charge is 2.44. The van der Waals surface area contributed by atoms with E-state index in [-0.39, 0.29) is 5.91 Å². The minimum Gasteiger partial charge on any atom is -0.428 e. The van der Waals surface area contributed by atoms with Crippen molar-refractivity contribution in [2.24, 2.45) is 0 Å². The van der Waals surface area contributed by atoms with Crippen LogP contribution in [0.2, 0.25) is 0 Å². The molecule has 1 aliphatic carbocycles. The first-order valence-corrected chi connectivity index (χ1v) is 9.14. The van der Waals surface area contributed by atoms with E-state index in [2.05, 4.69) is 24.4 Å². The largest absolute Gasteiger partial charge is 0.428 e. The van der Waals surface area contributed by atoms with Crippen LogP contribution in [0.1, 0.15) is 74.6 Å². The first-order chi connectivity index (χ1) is 11.8. The van der Waals surface area contributed by atoms with Gasteiger partial charge in [0.2, 0.25) is 0 Å². The van der Waals surface area contributed by atoms with Crippen LogP contribution in [-0.4, -0.2) is 17.4 Å². The monoisotopic (exact) mass is 341 g/mol.